The van der Waals surface area contributed by atoms with Crippen molar-refractivity contribution in [3.05, 3.63) is 59.9 Å². The lowest BCUT2D eigenvalue weighted by Gasteiger charge is -2.19. The van der Waals surface area contributed by atoms with Gasteiger partial charge in [0.2, 0.25) is 11.7 Å². The summed E-state index contributed by atoms with van der Waals surface area (Å²) in [4.78, 5) is 17.9. The van der Waals surface area contributed by atoms with E-state index in [-0.39, 0.29) is 11.4 Å². The zero-order valence-corrected chi connectivity index (χ0v) is 13.1. The maximum absolute atomic E-state index is 13.3. The van der Waals surface area contributed by atoms with Gasteiger partial charge in [0, 0.05) is 12.2 Å². The van der Waals surface area contributed by atoms with Crippen molar-refractivity contribution in [3.63, 3.8) is 0 Å². The molecule has 0 aliphatic carbocycles. The minimum absolute atomic E-state index is 0.226. The number of rotatable bonds is 2. The average molecular weight is 345 g/mol. The topological polar surface area (TPSA) is 38.1 Å². The predicted octanol–water partition coefficient (Wildman–Crippen LogP) is 3.64. The van der Waals surface area contributed by atoms with Crippen LogP contribution in [0.5, 0.6) is 0 Å². The highest BCUT2D eigenvalue weighted by Gasteiger charge is 2.38. The average Bonchev–Trinajstić information content (AvgIpc) is 3.16. The first-order valence-corrected chi connectivity index (χ1v) is 7.86. The number of carbonyl (C=O) groups excluding carboxylic acids is 1. The van der Waals surface area contributed by atoms with E-state index in [0.29, 0.717) is 18.5 Å². The van der Waals surface area contributed by atoms with E-state index in [0.717, 1.165) is 15.8 Å². The quantitative estimate of drug-likeness (QED) is 0.711. The van der Waals surface area contributed by atoms with Crippen molar-refractivity contribution < 1.29 is 18.0 Å². The molecule has 0 saturated heterocycles. The summed E-state index contributed by atoms with van der Waals surface area (Å²) in [5, 5.41) is 0. The molecule has 128 valence electrons. The number of benzene rings is 2. The fraction of sp³-hybridized carbons (Fsp3) is 0.222. The second-order valence-corrected chi connectivity index (χ2v) is 5.93. The minimum atomic E-state index is -4.62. The fourth-order valence-corrected chi connectivity index (χ4v) is 3.27. The molecule has 1 amide bonds. The van der Waals surface area contributed by atoms with Crippen LogP contribution in [0, 0.1) is 0 Å². The third-order valence-electron chi connectivity index (χ3n) is 4.39. The smallest absolute Gasteiger partial charge is 0.311 e. The molecule has 0 bridgehead atoms. The number of carbonyl (C=O) groups is 1. The molecule has 1 aromatic heterocycles. The molecule has 0 N–H and O–H groups in total. The van der Waals surface area contributed by atoms with Crippen LogP contribution >= 0.6 is 0 Å². The molecule has 1 aliphatic rings. The Bertz CT molecular complexity index is 962. The molecule has 0 saturated carbocycles. The summed E-state index contributed by atoms with van der Waals surface area (Å²) >= 11 is 0. The van der Waals surface area contributed by atoms with Crippen molar-refractivity contribution in [2.75, 3.05) is 11.4 Å². The third kappa shape index (κ3) is 2.65. The number of amides is 1. The van der Waals surface area contributed by atoms with Gasteiger partial charge in [-0.1, -0.05) is 30.3 Å². The van der Waals surface area contributed by atoms with Gasteiger partial charge in [-0.15, -0.1) is 0 Å². The summed E-state index contributed by atoms with van der Waals surface area (Å²) in [6, 6.07) is 13.8. The second kappa shape index (κ2) is 5.61. The van der Waals surface area contributed by atoms with Crippen LogP contribution in [0.2, 0.25) is 0 Å². The van der Waals surface area contributed by atoms with Crippen molar-refractivity contribution in [2.45, 2.75) is 19.1 Å². The van der Waals surface area contributed by atoms with Crippen LogP contribution in [0.15, 0.2) is 48.5 Å². The summed E-state index contributed by atoms with van der Waals surface area (Å²) in [7, 11) is 0. The van der Waals surface area contributed by atoms with Gasteiger partial charge in [-0.05, 0) is 30.2 Å². The van der Waals surface area contributed by atoms with E-state index in [1.54, 1.807) is 23.1 Å². The van der Waals surface area contributed by atoms with Crippen molar-refractivity contribution in [2.24, 2.45) is 0 Å². The van der Waals surface area contributed by atoms with Crippen LogP contribution in [0.3, 0.4) is 0 Å². The highest BCUT2D eigenvalue weighted by molar-refractivity contribution is 5.96. The first-order chi connectivity index (χ1) is 11.9. The maximum atomic E-state index is 13.3. The number of fused-ring (bicyclic) bond motifs is 2. The van der Waals surface area contributed by atoms with E-state index >= 15 is 0 Å². The number of anilines is 1. The van der Waals surface area contributed by atoms with Crippen molar-refractivity contribution in [3.8, 4) is 0 Å². The molecule has 3 aromatic rings. The molecule has 1 aliphatic heterocycles. The van der Waals surface area contributed by atoms with Crippen LogP contribution in [0.1, 0.15) is 11.4 Å². The summed E-state index contributed by atoms with van der Waals surface area (Å²) in [5.74, 6) is -1.42. The Morgan fingerprint density at radius 2 is 1.80 bits per heavy atom. The van der Waals surface area contributed by atoms with Crippen LogP contribution in [0.25, 0.3) is 11.0 Å². The number of hydrogen-bond acceptors (Lipinski definition) is 2. The Morgan fingerprint density at radius 1 is 1.08 bits per heavy atom. The van der Waals surface area contributed by atoms with Crippen molar-refractivity contribution >= 4 is 22.6 Å². The summed E-state index contributed by atoms with van der Waals surface area (Å²) in [6.07, 6.45) is -3.92. The van der Waals surface area contributed by atoms with Gasteiger partial charge in [0.05, 0.1) is 11.0 Å². The first kappa shape index (κ1) is 15.7. The monoisotopic (exact) mass is 345 g/mol. The van der Waals surface area contributed by atoms with E-state index in [4.69, 9.17) is 0 Å². The largest absolute Gasteiger partial charge is 0.449 e. The molecule has 2 aromatic carbocycles. The second-order valence-electron chi connectivity index (χ2n) is 5.93. The predicted molar refractivity (Wildman–Crippen MR) is 87.2 cm³/mol. The van der Waals surface area contributed by atoms with E-state index < -0.39 is 18.5 Å². The number of hydrogen-bond donors (Lipinski definition) is 0. The van der Waals surface area contributed by atoms with Gasteiger partial charge < -0.3 is 9.47 Å². The molecule has 25 heavy (non-hydrogen) atoms. The number of aromatic nitrogens is 2. The van der Waals surface area contributed by atoms with Crippen LogP contribution in [0.4, 0.5) is 18.9 Å². The summed E-state index contributed by atoms with van der Waals surface area (Å²) < 4.78 is 41.0. The highest BCUT2D eigenvalue weighted by Crippen LogP contribution is 2.32. The molecule has 4 nitrogen and oxygen atoms in total. The molecule has 0 radical (unpaired) electrons. The zero-order chi connectivity index (χ0) is 17.6. The lowest BCUT2D eigenvalue weighted by Crippen LogP contribution is -2.33. The van der Waals surface area contributed by atoms with Gasteiger partial charge in [-0.2, -0.15) is 13.2 Å². The molecular formula is C18H14F3N3O. The Morgan fingerprint density at radius 3 is 2.60 bits per heavy atom. The number of nitrogens with zero attached hydrogens (tertiary/aromatic N) is 3. The standard InChI is InChI=1S/C18H14F3N3O/c19-18(20,21)17-22-13-6-2-4-8-15(13)24(17)11-16(25)23-10-9-12-5-1-3-7-14(12)23/h1-8H,9-11H2. The van der Waals surface area contributed by atoms with E-state index in [2.05, 4.69) is 4.98 Å². The van der Waals surface area contributed by atoms with Crippen LogP contribution in [-0.4, -0.2) is 22.0 Å². The molecule has 0 atom stereocenters. The molecule has 0 unspecified atom stereocenters. The third-order valence-corrected chi connectivity index (χ3v) is 4.39. The van der Waals surface area contributed by atoms with Gasteiger partial charge in [0.15, 0.2) is 0 Å². The maximum Gasteiger partial charge on any atom is 0.449 e. The summed E-state index contributed by atoms with van der Waals surface area (Å²) in [5.41, 5.74) is 2.33. The van der Waals surface area contributed by atoms with E-state index in [1.165, 1.54) is 6.07 Å². The Balaban J connectivity index is 1.73. The molecule has 4 rings (SSSR count). The van der Waals surface area contributed by atoms with Gasteiger partial charge in [0.25, 0.3) is 0 Å². The highest BCUT2D eigenvalue weighted by atomic mass is 19.4. The molecule has 0 spiro atoms. The van der Waals surface area contributed by atoms with Gasteiger partial charge in [0.1, 0.15) is 6.54 Å². The molecule has 7 heteroatoms. The number of imidazole rings is 1. The van der Waals surface area contributed by atoms with Gasteiger partial charge in [-0.3, -0.25) is 4.79 Å². The van der Waals surface area contributed by atoms with E-state index in [1.807, 2.05) is 24.3 Å². The number of alkyl halides is 3. The Kier molecular flexibility index (Phi) is 3.52. The number of para-hydroxylation sites is 3. The van der Waals surface area contributed by atoms with Crippen LogP contribution in [-0.2, 0) is 23.9 Å². The number of halogens is 3. The summed E-state index contributed by atoms with van der Waals surface area (Å²) in [6.45, 7) is 0.0792. The van der Waals surface area contributed by atoms with Crippen molar-refractivity contribution in [1.29, 1.82) is 0 Å². The lowest BCUT2D eigenvalue weighted by molar-refractivity contribution is -0.147. The van der Waals surface area contributed by atoms with Gasteiger partial charge >= 0.3 is 6.18 Å². The first-order valence-electron chi connectivity index (χ1n) is 7.86. The SMILES string of the molecule is O=C(Cn1c(C(F)(F)F)nc2ccccc21)N1CCc2ccccc21. The molecule has 2 heterocycles. The van der Waals surface area contributed by atoms with Gasteiger partial charge in [-0.25, -0.2) is 4.98 Å². The Labute approximate surface area is 141 Å². The van der Waals surface area contributed by atoms with E-state index in [9.17, 15) is 18.0 Å². The lowest BCUT2D eigenvalue weighted by atomic mass is 10.2. The molecule has 0 fully saturated rings. The Hall–Kier alpha value is -2.83. The minimum Gasteiger partial charge on any atom is -0.311 e. The molecular weight excluding hydrogens is 331 g/mol. The normalized spacial score (nSPS) is 14.1. The van der Waals surface area contributed by atoms with Crippen LogP contribution < -0.4 is 4.90 Å². The fourth-order valence-electron chi connectivity index (χ4n) is 3.27. The van der Waals surface area contributed by atoms with Crippen molar-refractivity contribution in [1.82, 2.24) is 9.55 Å². The zero-order valence-electron chi connectivity index (χ0n) is 13.1.